The molecule has 5 heteroatoms. The van der Waals surface area contributed by atoms with E-state index in [1.807, 2.05) is 0 Å². The van der Waals surface area contributed by atoms with Crippen molar-refractivity contribution in [1.82, 2.24) is 5.32 Å². The third-order valence-electron chi connectivity index (χ3n) is 2.13. The van der Waals surface area contributed by atoms with E-state index >= 15 is 0 Å². The number of nitrogens with one attached hydrogen (secondary N) is 1. The van der Waals surface area contributed by atoms with Crippen LogP contribution >= 0.6 is 0 Å². The molecule has 0 radical (unpaired) electrons. The molecule has 0 saturated carbocycles. The van der Waals surface area contributed by atoms with Crippen LogP contribution in [0.3, 0.4) is 0 Å². The van der Waals surface area contributed by atoms with Gasteiger partial charge in [-0.2, -0.15) is 0 Å². The summed E-state index contributed by atoms with van der Waals surface area (Å²) >= 11 is 0. The smallest absolute Gasteiger partial charge is 0.165 e. The van der Waals surface area contributed by atoms with E-state index in [0.29, 0.717) is 19.7 Å². The number of rotatable bonds is 8. The standard InChI is InChI=1S/C12H18FNO3/c1-16-7-6-14-8-10(15)9-17-12-5-3-2-4-11(12)13/h2-5,10,14-15H,6-9H2,1H3. The summed E-state index contributed by atoms with van der Waals surface area (Å²) in [7, 11) is 1.61. The van der Waals surface area contributed by atoms with Gasteiger partial charge >= 0.3 is 0 Å². The van der Waals surface area contributed by atoms with E-state index in [-0.39, 0.29) is 12.4 Å². The quantitative estimate of drug-likeness (QED) is 0.663. The fourth-order valence-electron chi connectivity index (χ4n) is 1.25. The lowest BCUT2D eigenvalue weighted by Gasteiger charge is -2.13. The number of hydrogen-bond donors (Lipinski definition) is 2. The second-order valence-corrected chi connectivity index (χ2v) is 3.59. The monoisotopic (exact) mass is 243 g/mol. The predicted octanol–water partition coefficient (Wildman–Crippen LogP) is 0.801. The van der Waals surface area contributed by atoms with Crippen LogP contribution in [0.25, 0.3) is 0 Å². The van der Waals surface area contributed by atoms with Gasteiger partial charge in [-0.15, -0.1) is 0 Å². The van der Waals surface area contributed by atoms with Crippen molar-refractivity contribution in [3.8, 4) is 5.75 Å². The topological polar surface area (TPSA) is 50.7 Å². The van der Waals surface area contributed by atoms with Crippen molar-refractivity contribution in [2.75, 3.05) is 33.4 Å². The normalized spacial score (nSPS) is 12.4. The Morgan fingerprint density at radius 3 is 2.88 bits per heavy atom. The van der Waals surface area contributed by atoms with E-state index in [1.165, 1.54) is 12.1 Å². The molecule has 96 valence electrons. The molecule has 0 bridgehead atoms. The van der Waals surface area contributed by atoms with Crippen LogP contribution in [0.1, 0.15) is 0 Å². The van der Waals surface area contributed by atoms with Crippen LogP contribution in [-0.2, 0) is 4.74 Å². The molecule has 1 atom stereocenters. The maximum atomic E-state index is 13.2. The van der Waals surface area contributed by atoms with Crippen molar-refractivity contribution < 1.29 is 19.0 Å². The van der Waals surface area contributed by atoms with Crippen molar-refractivity contribution >= 4 is 0 Å². The third-order valence-corrected chi connectivity index (χ3v) is 2.13. The Morgan fingerprint density at radius 1 is 1.41 bits per heavy atom. The Bertz CT molecular complexity index is 322. The molecule has 17 heavy (non-hydrogen) atoms. The Kier molecular flexibility index (Phi) is 6.54. The molecule has 0 aliphatic carbocycles. The number of methoxy groups -OCH3 is 1. The Morgan fingerprint density at radius 2 is 2.18 bits per heavy atom. The predicted molar refractivity (Wildman–Crippen MR) is 62.6 cm³/mol. The van der Waals surface area contributed by atoms with Crippen LogP contribution in [0.5, 0.6) is 5.75 Å². The summed E-state index contributed by atoms with van der Waals surface area (Å²) in [4.78, 5) is 0. The molecule has 0 amide bonds. The van der Waals surface area contributed by atoms with Gasteiger partial charge in [0.15, 0.2) is 11.6 Å². The first kappa shape index (κ1) is 13.9. The van der Waals surface area contributed by atoms with Gasteiger partial charge in [-0.05, 0) is 12.1 Å². The highest BCUT2D eigenvalue weighted by atomic mass is 19.1. The van der Waals surface area contributed by atoms with Gasteiger partial charge in [-0.3, -0.25) is 0 Å². The zero-order valence-corrected chi connectivity index (χ0v) is 9.86. The number of para-hydroxylation sites is 1. The summed E-state index contributed by atoms with van der Waals surface area (Å²) in [6.45, 7) is 1.69. The number of hydrogen-bond acceptors (Lipinski definition) is 4. The SMILES string of the molecule is COCCNCC(O)COc1ccccc1F. The molecule has 0 fully saturated rings. The molecule has 1 aromatic rings. The lowest BCUT2D eigenvalue weighted by Crippen LogP contribution is -2.33. The third kappa shape index (κ3) is 5.63. The van der Waals surface area contributed by atoms with Gasteiger partial charge in [0.25, 0.3) is 0 Å². The van der Waals surface area contributed by atoms with E-state index in [1.54, 1.807) is 19.2 Å². The molecule has 0 aliphatic rings. The molecular weight excluding hydrogens is 225 g/mol. The highest BCUT2D eigenvalue weighted by Crippen LogP contribution is 2.15. The second-order valence-electron chi connectivity index (χ2n) is 3.59. The minimum Gasteiger partial charge on any atom is -0.488 e. The lowest BCUT2D eigenvalue weighted by atomic mass is 10.3. The van der Waals surface area contributed by atoms with Gasteiger partial charge in [0.1, 0.15) is 12.7 Å². The first-order valence-corrected chi connectivity index (χ1v) is 5.49. The zero-order valence-electron chi connectivity index (χ0n) is 9.86. The summed E-state index contributed by atoms with van der Waals surface area (Å²) in [5.41, 5.74) is 0. The summed E-state index contributed by atoms with van der Waals surface area (Å²) < 4.78 is 23.2. The zero-order chi connectivity index (χ0) is 12.5. The summed E-state index contributed by atoms with van der Waals surface area (Å²) in [5.74, 6) is -0.268. The van der Waals surface area contributed by atoms with E-state index < -0.39 is 11.9 Å². The number of ether oxygens (including phenoxy) is 2. The highest BCUT2D eigenvalue weighted by molar-refractivity contribution is 5.23. The minimum atomic E-state index is -0.675. The van der Waals surface area contributed by atoms with Crippen LogP contribution in [0.15, 0.2) is 24.3 Å². The molecule has 2 N–H and O–H groups in total. The van der Waals surface area contributed by atoms with Crippen LogP contribution < -0.4 is 10.1 Å². The summed E-state index contributed by atoms with van der Waals surface area (Å²) in [6.07, 6.45) is -0.675. The van der Waals surface area contributed by atoms with Crippen LogP contribution in [0.4, 0.5) is 4.39 Å². The van der Waals surface area contributed by atoms with E-state index in [9.17, 15) is 9.50 Å². The Hall–Kier alpha value is -1.17. The van der Waals surface area contributed by atoms with Crippen LogP contribution in [0, 0.1) is 5.82 Å². The minimum absolute atomic E-state index is 0.0565. The molecule has 0 saturated heterocycles. The van der Waals surface area contributed by atoms with Gasteiger partial charge in [0.2, 0.25) is 0 Å². The molecule has 1 rings (SSSR count). The Labute approximate surface area is 100 Å². The van der Waals surface area contributed by atoms with Gasteiger partial charge in [0.05, 0.1) is 6.61 Å². The maximum absolute atomic E-state index is 13.2. The van der Waals surface area contributed by atoms with E-state index in [4.69, 9.17) is 9.47 Å². The van der Waals surface area contributed by atoms with Crippen molar-refractivity contribution in [2.45, 2.75) is 6.10 Å². The molecule has 0 aromatic heterocycles. The molecule has 0 spiro atoms. The average molecular weight is 243 g/mol. The van der Waals surface area contributed by atoms with Gasteiger partial charge in [-0.1, -0.05) is 12.1 Å². The second kappa shape index (κ2) is 8.00. The van der Waals surface area contributed by atoms with Crippen molar-refractivity contribution in [3.05, 3.63) is 30.1 Å². The first-order valence-electron chi connectivity index (χ1n) is 5.49. The van der Waals surface area contributed by atoms with E-state index in [2.05, 4.69) is 5.32 Å². The van der Waals surface area contributed by atoms with Gasteiger partial charge < -0.3 is 19.9 Å². The molecule has 0 aliphatic heterocycles. The average Bonchev–Trinajstić information content (AvgIpc) is 2.34. The first-order chi connectivity index (χ1) is 8.24. The number of halogens is 1. The summed E-state index contributed by atoms with van der Waals surface area (Å²) in [5, 5.41) is 12.5. The molecule has 1 unspecified atom stereocenters. The fraction of sp³-hybridized carbons (Fsp3) is 0.500. The van der Waals surface area contributed by atoms with Crippen molar-refractivity contribution in [2.24, 2.45) is 0 Å². The fourth-order valence-corrected chi connectivity index (χ4v) is 1.25. The van der Waals surface area contributed by atoms with Crippen molar-refractivity contribution in [1.29, 1.82) is 0 Å². The largest absolute Gasteiger partial charge is 0.488 e. The van der Waals surface area contributed by atoms with Gasteiger partial charge in [0, 0.05) is 20.2 Å². The van der Waals surface area contributed by atoms with Crippen molar-refractivity contribution in [3.63, 3.8) is 0 Å². The molecule has 1 aromatic carbocycles. The summed E-state index contributed by atoms with van der Waals surface area (Å²) in [6, 6.07) is 6.12. The van der Waals surface area contributed by atoms with Crippen LogP contribution in [-0.4, -0.2) is 44.6 Å². The number of aliphatic hydroxyl groups excluding tert-OH is 1. The number of benzene rings is 1. The Balaban J connectivity index is 2.19. The van der Waals surface area contributed by atoms with E-state index in [0.717, 1.165) is 0 Å². The highest BCUT2D eigenvalue weighted by Gasteiger charge is 2.07. The van der Waals surface area contributed by atoms with Gasteiger partial charge in [-0.25, -0.2) is 4.39 Å². The molecule has 4 nitrogen and oxygen atoms in total. The number of aliphatic hydroxyl groups is 1. The lowest BCUT2D eigenvalue weighted by molar-refractivity contribution is 0.101. The molecular formula is C12H18FNO3. The molecule has 0 heterocycles. The van der Waals surface area contributed by atoms with Crippen LogP contribution in [0.2, 0.25) is 0 Å². The maximum Gasteiger partial charge on any atom is 0.165 e.